The summed E-state index contributed by atoms with van der Waals surface area (Å²) in [4.78, 5) is 28.8. The molecule has 1 N–H and O–H groups in total. The Hall–Kier alpha value is -3.31. The van der Waals surface area contributed by atoms with Crippen LogP contribution < -0.4 is 10.1 Å². The number of hydrogen-bond donors (Lipinski definition) is 1. The first-order valence-electron chi connectivity index (χ1n) is 12.9. The molecule has 0 fully saturated rings. The van der Waals surface area contributed by atoms with Crippen LogP contribution in [0.3, 0.4) is 0 Å². The highest BCUT2D eigenvalue weighted by Crippen LogP contribution is 2.19. The van der Waals surface area contributed by atoms with Crippen LogP contribution in [-0.4, -0.2) is 35.4 Å². The predicted molar refractivity (Wildman–Crippen MR) is 150 cm³/mol. The zero-order valence-corrected chi connectivity index (χ0v) is 22.7. The van der Waals surface area contributed by atoms with Crippen LogP contribution in [0, 0.1) is 6.92 Å². The Labute approximate surface area is 225 Å². The smallest absolute Gasteiger partial charge is 0.243 e. The number of nitrogens with zero attached hydrogens (tertiary/aromatic N) is 1. The summed E-state index contributed by atoms with van der Waals surface area (Å²) in [5, 5.41) is 3.72. The minimum Gasteiger partial charge on any atom is -0.494 e. The Morgan fingerprint density at radius 1 is 0.946 bits per heavy atom. The molecular formula is C31H37ClN2O3. The van der Waals surface area contributed by atoms with E-state index >= 15 is 0 Å². The highest BCUT2D eigenvalue weighted by molar-refractivity contribution is 6.30. The average Bonchev–Trinajstić information content (AvgIpc) is 2.91. The average molecular weight is 521 g/mol. The minimum absolute atomic E-state index is 0.0150. The SMILES string of the molecule is CC[C@@H](C)NC(=O)[C@@H](Cc1ccccc1)N(Cc1ccc(Cl)cc1)C(=O)CCCOc1ccc(C)cc1. The van der Waals surface area contributed by atoms with Crippen LogP contribution in [0.5, 0.6) is 5.75 Å². The molecule has 3 aromatic rings. The summed E-state index contributed by atoms with van der Waals surface area (Å²) in [6, 6.07) is 24.5. The van der Waals surface area contributed by atoms with Gasteiger partial charge in [-0.25, -0.2) is 0 Å². The van der Waals surface area contributed by atoms with Crippen LogP contribution >= 0.6 is 11.6 Å². The fourth-order valence-corrected chi connectivity index (χ4v) is 4.10. The lowest BCUT2D eigenvalue weighted by atomic mass is 10.0. The molecule has 0 unspecified atom stereocenters. The summed E-state index contributed by atoms with van der Waals surface area (Å²) in [5.74, 6) is 0.560. The molecule has 5 nitrogen and oxygen atoms in total. The number of rotatable bonds is 13. The Morgan fingerprint density at radius 2 is 1.62 bits per heavy atom. The van der Waals surface area contributed by atoms with Gasteiger partial charge in [-0.05, 0) is 62.1 Å². The fraction of sp³-hybridized carbons (Fsp3) is 0.355. The second-order valence-electron chi connectivity index (χ2n) is 9.44. The Morgan fingerprint density at radius 3 is 2.27 bits per heavy atom. The van der Waals surface area contributed by atoms with E-state index < -0.39 is 6.04 Å². The molecule has 0 aliphatic heterocycles. The molecule has 2 atom stereocenters. The van der Waals surface area contributed by atoms with Crippen LogP contribution in [0.15, 0.2) is 78.9 Å². The molecule has 0 radical (unpaired) electrons. The van der Waals surface area contributed by atoms with Crippen molar-refractivity contribution in [3.05, 3.63) is 101 Å². The standard InChI is InChI=1S/C31H37ClN2O3/c1-4-24(3)33-31(36)29(21-25-9-6-5-7-10-25)34(22-26-14-16-27(32)17-15-26)30(35)11-8-20-37-28-18-12-23(2)13-19-28/h5-7,9-10,12-19,24,29H,4,8,11,20-22H2,1-3H3,(H,33,36)/t24-,29-/m1/s1. The molecule has 37 heavy (non-hydrogen) atoms. The predicted octanol–water partition coefficient (Wildman–Crippen LogP) is 6.36. The minimum atomic E-state index is -0.641. The van der Waals surface area contributed by atoms with Gasteiger partial charge in [0.2, 0.25) is 11.8 Å². The van der Waals surface area contributed by atoms with Gasteiger partial charge in [-0.3, -0.25) is 9.59 Å². The molecule has 0 saturated heterocycles. The van der Waals surface area contributed by atoms with Crippen LogP contribution in [0.1, 0.15) is 49.8 Å². The van der Waals surface area contributed by atoms with Crippen LogP contribution in [-0.2, 0) is 22.6 Å². The summed E-state index contributed by atoms with van der Waals surface area (Å²) in [5.41, 5.74) is 3.09. The first-order valence-corrected chi connectivity index (χ1v) is 13.3. The lowest BCUT2D eigenvalue weighted by molar-refractivity contribution is -0.141. The summed E-state index contributed by atoms with van der Waals surface area (Å²) in [7, 11) is 0. The third-order valence-corrected chi connectivity index (χ3v) is 6.61. The molecule has 0 spiro atoms. The molecule has 0 bridgehead atoms. The zero-order chi connectivity index (χ0) is 26.6. The maximum absolute atomic E-state index is 13.6. The van der Waals surface area contributed by atoms with Gasteiger partial charge < -0.3 is 15.0 Å². The van der Waals surface area contributed by atoms with E-state index in [0.717, 1.165) is 23.3 Å². The van der Waals surface area contributed by atoms with Crippen LogP contribution in [0.2, 0.25) is 5.02 Å². The van der Waals surface area contributed by atoms with Gasteiger partial charge in [-0.2, -0.15) is 0 Å². The van der Waals surface area contributed by atoms with Crippen molar-refractivity contribution in [3.8, 4) is 5.75 Å². The third kappa shape index (κ3) is 9.25. The molecule has 0 aliphatic carbocycles. The fourth-order valence-electron chi connectivity index (χ4n) is 3.97. The van der Waals surface area contributed by atoms with Crippen molar-refractivity contribution in [2.75, 3.05) is 6.61 Å². The maximum atomic E-state index is 13.6. The number of halogens is 1. The monoisotopic (exact) mass is 520 g/mol. The van der Waals surface area contributed by atoms with Gasteiger partial charge in [0, 0.05) is 30.5 Å². The number of ether oxygens (including phenoxy) is 1. The van der Waals surface area contributed by atoms with Crippen LogP contribution in [0.4, 0.5) is 0 Å². The first-order chi connectivity index (χ1) is 17.9. The van der Waals surface area contributed by atoms with E-state index in [2.05, 4.69) is 5.32 Å². The summed E-state index contributed by atoms with van der Waals surface area (Å²) in [6.45, 7) is 6.78. The van der Waals surface area contributed by atoms with E-state index in [-0.39, 0.29) is 24.3 Å². The van der Waals surface area contributed by atoms with Gasteiger partial charge in [-0.15, -0.1) is 0 Å². The molecule has 0 aliphatic rings. The zero-order valence-electron chi connectivity index (χ0n) is 22.0. The van der Waals surface area contributed by atoms with Crippen molar-refractivity contribution in [1.82, 2.24) is 10.2 Å². The summed E-state index contributed by atoms with van der Waals surface area (Å²) in [6.07, 6.45) is 2.07. The largest absolute Gasteiger partial charge is 0.494 e. The highest BCUT2D eigenvalue weighted by Gasteiger charge is 2.30. The Bertz CT molecular complexity index is 1120. The van der Waals surface area contributed by atoms with Crippen molar-refractivity contribution in [2.45, 2.75) is 65.1 Å². The van der Waals surface area contributed by atoms with Gasteiger partial charge in [0.05, 0.1) is 6.61 Å². The van der Waals surface area contributed by atoms with Gasteiger partial charge >= 0.3 is 0 Å². The molecule has 196 valence electrons. The van der Waals surface area contributed by atoms with Crippen molar-refractivity contribution in [3.63, 3.8) is 0 Å². The van der Waals surface area contributed by atoms with Gasteiger partial charge in [0.25, 0.3) is 0 Å². The second kappa shape index (κ2) is 14.4. The van der Waals surface area contributed by atoms with E-state index in [9.17, 15) is 9.59 Å². The lowest BCUT2D eigenvalue weighted by Gasteiger charge is -2.32. The van der Waals surface area contributed by atoms with Gasteiger partial charge in [-0.1, -0.05) is 78.7 Å². The van der Waals surface area contributed by atoms with Gasteiger partial charge in [0.1, 0.15) is 11.8 Å². The molecule has 0 heterocycles. The number of nitrogens with one attached hydrogen (secondary N) is 1. The maximum Gasteiger partial charge on any atom is 0.243 e. The molecule has 0 aromatic heterocycles. The van der Waals surface area contributed by atoms with Crippen molar-refractivity contribution in [2.24, 2.45) is 0 Å². The van der Waals surface area contributed by atoms with Crippen molar-refractivity contribution >= 4 is 23.4 Å². The molecular weight excluding hydrogens is 484 g/mol. The summed E-state index contributed by atoms with van der Waals surface area (Å²) < 4.78 is 5.83. The summed E-state index contributed by atoms with van der Waals surface area (Å²) >= 11 is 6.09. The number of hydrogen-bond acceptors (Lipinski definition) is 3. The number of benzene rings is 3. The molecule has 2 amide bonds. The Kier molecular flexibility index (Phi) is 11.0. The number of amides is 2. The number of aryl methyl sites for hydroxylation is 1. The molecule has 0 saturated carbocycles. The van der Waals surface area contributed by atoms with Crippen molar-refractivity contribution < 1.29 is 14.3 Å². The van der Waals surface area contributed by atoms with E-state index in [1.54, 1.807) is 17.0 Å². The van der Waals surface area contributed by atoms with E-state index in [0.29, 0.717) is 31.0 Å². The van der Waals surface area contributed by atoms with E-state index in [4.69, 9.17) is 16.3 Å². The quantitative estimate of drug-likeness (QED) is 0.267. The van der Waals surface area contributed by atoms with Gasteiger partial charge in [0.15, 0.2) is 0 Å². The topological polar surface area (TPSA) is 58.6 Å². The first kappa shape index (κ1) is 28.3. The Balaban J connectivity index is 1.78. The second-order valence-corrected chi connectivity index (χ2v) is 9.87. The van der Waals surface area contributed by atoms with Crippen LogP contribution in [0.25, 0.3) is 0 Å². The lowest BCUT2D eigenvalue weighted by Crippen LogP contribution is -2.52. The highest BCUT2D eigenvalue weighted by atomic mass is 35.5. The van der Waals surface area contributed by atoms with E-state index in [1.807, 2.05) is 87.5 Å². The number of carbonyl (C=O) groups excluding carboxylic acids is 2. The van der Waals surface area contributed by atoms with E-state index in [1.165, 1.54) is 5.56 Å². The molecule has 6 heteroatoms. The molecule has 3 rings (SSSR count). The molecule has 3 aromatic carbocycles. The third-order valence-electron chi connectivity index (χ3n) is 6.36. The normalized spacial score (nSPS) is 12.4. The number of carbonyl (C=O) groups is 2. The van der Waals surface area contributed by atoms with Crippen molar-refractivity contribution in [1.29, 1.82) is 0 Å².